The van der Waals surface area contributed by atoms with Crippen molar-refractivity contribution in [2.45, 2.75) is 6.54 Å². The maximum atomic E-state index is 11.7. The summed E-state index contributed by atoms with van der Waals surface area (Å²) >= 11 is 0. The Morgan fingerprint density at radius 3 is 2.43 bits per heavy atom. The molecule has 0 fully saturated rings. The average Bonchev–Trinajstić information content (AvgIpc) is 2.49. The summed E-state index contributed by atoms with van der Waals surface area (Å²) in [5.41, 5.74) is -0.422. The van der Waals surface area contributed by atoms with Crippen molar-refractivity contribution >= 4 is 5.97 Å². The van der Waals surface area contributed by atoms with Crippen LogP contribution in [0.5, 0.6) is 11.5 Å². The SMILES string of the molecule is COc1ccc(OCCn2c(C(=O)O)cccc2=O)cc1. The maximum absolute atomic E-state index is 11.7. The van der Waals surface area contributed by atoms with E-state index >= 15 is 0 Å². The highest BCUT2D eigenvalue weighted by Crippen LogP contribution is 2.16. The molecule has 1 N–H and O–H groups in total. The first-order valence-electron chi connectivity index (χ1n) is 6.32. The molecule has 6 nitrogen and oxygen atoms in total. The number of benzene rings is 1. The monoisotopic (exact) mass is 289 g/mol. The van der Waals surface area contributed by atoms with E-state index in [1.165, 1.54) is 22.8 Å². The van der Waals surface area contributed by atoms with Gasteiger partial charge >= 0.3 is 5.97 Å². The molecule has 0 aliphatic carbocycles. The Kier molecular flexibility index (Phi) is 4.61. The van der Waals surface area contributed by atoms with E-state index in [2.05, 4.69) is 0 Å². The molecule has 0 atom stereocenters. The van der Waals surface area contributed by atoms with Gasteiger partial charge in [0.15, 0.2) is 0 Å². The number of hydrogen-bond acceptors (Lipinski definition) is 4. The number of carbonyl (C=O) groups is 1. The normalized spacial score (nSPS) is 10.1. The third-order valence-corrected chi connectivity index (χ3v) is 2.91. The molecule has 1 aromatic carbocycles. The molecule has 21 heavy (non-hydrogen) atoms. The van der Waals surface area contributed by atoms with E-state index in [0.29, 0.717) is 5.75 Å². The highest BCUT2D eigenvalue weighted by atomic mass is 16.5. The molecule has 6 heteroatoms. The standard InChI is InChI=1S/C15H15NO5/c1-20-11-5-7-12(8-6-11)21-10-9-16-13(15(18)19)3-2-4-14(16)17/h2-8H,9-10H2,1H3,(H,18,19). The van der Waals surface area contributed by atoms with Gasteiger partial charge in [0.05, 0.1) is 13.7 Å². The molecule has 0 amide bonds. The van der Waals surface area contributed by atoms with Crippen molar-refractivity contribution in [1.29, 1.82) is 0 Å². The third-order valence-electron chi connectivity index (χ3n) is 2.91. The molecule has 110 valence electrons. The zero-order chi connectivity index (χ0) is 15.2. The molecule has 2 aromatic rings. The van der Waals surface area contributed by atoms with Gasteiger partial charge in [-0.3, -0.25) is 9.36 Å². The molecule has 1 heterocycles. The number of carboxylic acids is 1. The lowest BCUT2D eigenvalue weighted by atomic mass is 10.3. The molecule has 0 bridgehead atoms. The fourth-order valence-electron chi connectivity index (χ4n) is 1.86. The second-order valence-corrected chi connectivity index (χ2v) is 4.23. The summed E-state index contributed by atoms with van der Waals surface area (Å²) in [4.78, 5) is 22.8. The van der Waals surface area contributed by atoms with Crippen molar-refractivity contribution in [2.75, 3.05) is 13.7 Å². The van der Waals surface area contributed by atoms with Crippen molar-refractivity contribution in [3.8, 4) is 11.5 Å². The number of ether oxygens (including phenoxy) is 2. The quantitative estimate of drug-likeness (QED) is 0.874. The maximum Gasteiger partial charge on any atom is 0.352 e. The molecule has 0 saturated heterocycles. The lowest BCUT2D eigenvalue weighted by molar-refractivity contribution is 0.0682. The van der Waals surface area contributed by atoms with Gasteiger partial charge < -0.3 is 14.6 Å². The topological polar surface area (TPSA) is 77.8 Å². The Bertz CT molecular complexity index is 675. The second-order valence-electron chi connectivity index (χ2n) is 4.23. The zero-order valence-electron chi connectivity index (χ0n) is 11.5. The Labute approximate surface area is 121 Å². The highest BCUT2D eigenvalue weighted by Gasteiger charge is 2.10. The van der Waals surface area contributed by atoms with Crippen LogP contribution in [0, 0.1) is 0 Å². The Balaban J connectivity index is 2.03. The molecule has 0 aliphatic heterocycles. The van der Waals surface area contributed by atoms with Crippen molar-refractivity contribution in [2.24, 2.45) is 0 Å². The minimum absolute atomic E-state index is 0.0548. The van der Waals surface area contributed by atoms with E-state index in [1.807, 2.05) is 0 Å². The Morgan fingerprint density at radius 1 is 1.14 bits per heavy atom. The Morgan fingerprint density at radius 2 is 1.81 bits per heavy atom. The van der Waals surface area contributed by atoms with Crippen molar-refractivity contribution < 1.29 is 19.4 Å². The fourth-order valence-corrected chi connectivity index (χ4v) is 1.86. The van der Waals surface area contributed by atoms with Crippen LogP contribution in [0.2, 0.25) is 0 Å². The van der Waals surface area contributed by atoms with E-state index < -0.39 is 5.97 Å². The first-order valence-corrected chi connectivity index (χ1v) is 6.32. The average molecular weight is 289 g/mol. The van der Waals surface area contributed by atoms with Crippen LogP contribution in [0.3, 0.4) is 0 Å². The summed E-state index contributed by atoms with van der Waals surface area (Å²) in [7, 11) is 1.57. The number of rotatable bonds is 6. The number of carboxylic acid groups (broad SMARTS) is 1. The highest BCUT2D eigenvalue weighted by molar-refractivity contribution is 5.85. The largest absolute Gasteiger partial charge is 0.497 e. The molecule has 0 radical (unpaired) electrons. The number of nitrogens with zero attached hydrogens (tertiary/aromatic N) is 1. The summed E-state index contributed by atoms with van der Waals surface area (Å²) in [6.45, 7) is 0.351. The van der Waals surface area contributed by atoms with Crippen LogP contribution in [0.1, 0.15) is 10.5 Å². The minimum Gasteiger partial charge on any atom is -0.497 e. The number of aromatic nitrogens is 1. The fraction of sp³-hybridized carbons (Fsp3) is 0.200. The van der Waals surface area contributed by atoms with E-state index in [1.54, 1.807) is 31.4 Å². The van der Waals surface area contributed by atoms with E-state index in [4.69, 9.17) is 14.6 Å². The predicted molar refractivity (Wildman–Crippen MR) is 76.2 cm³/mol. The second kappa shape index (κ2) is 6.60. The van der Waals surface area contributed by atoms with Crippen molar-refractivity contribution in [3.05, 3.63) is 58.5 Å². The molecular weight excluding hydrogens is 274 g/mol. The van der Waals surface area contributed by atoms with Gasteiger partial charge in [-0.1, -0.05) is 6.07 Å². The van der Waals surface area contributed by atoms with E-state index in [9.17, 15) is 9.59 Å². The third kappa shape index (κ3) is 3.62. The van der Waals surface area contributed by atoms with E-state index in [0.717, 1.165) is 5.75 Å². The van der Waals surface area contributed by atoms with Gasteiger partial charge in [-0.05, 0) is 30.3 Å². The number of pyridine rings is 1. The van der Waals surface area contributed by atoms with Gasteiger partial charge in [0.1, 0.15) is 23.8 Å². The lowest BCUT2D eigenvalue weighted by Crippen LogP contribution is -2.27. The molecular formula is C15H15NO5. The first kappa shape index (κ1) is 14.6. The van der Waals surface area contributed by atoms with Gasteiger partial charge in [0.25, 0.3) is 5.56 Å². The van der Waals surface area contributed by atoms with Crippen LogP contribution in [-0.2, 0) is 6.54 Å². The summed E-state index contributed by atoms with van der Waals surface area (Å²) in [6, 6.07) is 11.1. The number of methoxy groups -OCH3 is 1. The van der Waals surface area contributed by atoms with Crippen molar-refractivity contribution in [3.63, 3.8) is 0 Å². The summed E-state index contributed by atoms with van der Waals surface area (Å²) in [6.07, 6.45) is 0. The molecule has 0 aliphatic rings. The zero-order valence-corrected chi connectivity index (χ0v) is 11.5. The van der Waals surface area contributed by atoms with Crippen LogP contribution >= 0.6 is 0 Å². The summed E-state index contributed by atoms with van der Waals surface area (Å²) in [5.74, 6) is 0.198. The van der Waals surface area contributed by atoms with Crippen molar-refractivity contribution in [1.82, 2.24) is 4.57 Å². The summed E-state index contributed by atoms with van der Waals surface area (Å²) in [5, 5.41) is 9.05. The van der Waals surface area contributed by atoms with Crippen LogP contribution in [0.15, 0.2) is 47.3 Å². The van der Waals surface area contributed by atoms with Gasteiger partial charge in [-0.15, -0.1) is 0 Å². The van der Waals surface area contributed by atoms with E-state index in [-0.39, 0.29) is 24.4 Å². The molecule has 2 rings (SSSR count). The minimum atomic E-state index is -1.14. The molecule has 1 aromatic heterocycles. The van der Waals surface area contributed by atoms with Crippen LogP contribution in [0.4, 0.5) is 0 Å². The van der Waals surface area contributed by atoms with Crippen LogP contribution in [0.25, 0.3) is 0 Å². The predicted octanol–water partition coefficient (Wildman–Crippen LogP) is 1.63. The van der Waals surface area contributed by atoms with Gasteiger partial charge in [-0.25, -0.2) is 4.79 Å². The smallest absolute Gasteiger partial charge is 0.352 e. The molecule has 0 spiro atoms. The Hall–Kier alpha value is -2.76. The lowest BCUT2D eigenvalue weighted by Gasteiger charge is -2.11. The van der Waals surface area contributed by atoms with Gasteiger partial charge in [0, 0.05) is 6.07 Å². The van der Waals surface area contributed by atoms with Gasteiger partial charge in [0.2, 0.25) is 0 Å². The summed E-state index contributed by atoms with van der Waals surface area (Å²) < 4.78 is 11.7. The molecule has 0 saturated carbocycles. The van der Waals surface area contributed by atoms with Crippen LogP contribution in [-0.4, -0.2) is 29.4 Å². The van der Waals surface area contributed by atoms with Crippen LogP contribution < -0.4 is 15.0 Å². The first-order chi connectivity index (χ1) is 10.1. The molecule has 0 unspecified atom stereocenters. The van der Waals surface area contributed by atoms with Gasteiger partial charge in [-0.2, -0.15) is 0 Å². The number of aromatic carboxylic acids is 1. The number of hydrogen-bond donors (Lipinski definition) is 1.